The van der Waals surface area contributed by atoms with Gasteiger partial charge < -0.3 is 4.40 Å². The zero-order valence-corrected chi connectivity index (χ0v) is 7.88. The molecular formula is C10H9ClN2. The van der Waals surface area contributed by atoms with Crippen LogP contribution in [0, 0.1) is 0 Å². The maximum Gasteiger partial charge on any atom is 0.156 e. The molecule has 1 aliphatic rings. The van der Waals surface area contributed by atoms with Crippen LogP contribution in [-0.4, -0.2) is 9.38 Å². The number of nitrogens with zero attached hydrogens (tertiary/aromatic N) is 2. The summed E-state index contributed by atoms with van der Waals surface area (Å²) in [4.78, 5) is 4.52. The summed E-state index contributed by atoms with van der Waals surface area (Å²) in [5.41, 5.74) is 3.49. The van der Waals surface area contributed by atoms with Crippen LogP contribution < -0.4 is 0 Å². The zero-order valence-electron chi connectivity index (χ0n) is 7.13. The normalized spacial score (nSPS) is 15.2. The van der Waals surface area contributed by atoms with E-state index >= 15 is 0 Å². The summed E-state index contributed by atoms with van der Waals surface area (Å²) in [6.07, 6.45) is 5.51. The van der Waals surface area contributed by atoms with E-state index in [9.17, 15) is 0 Å². The minimum atomic E-state index is 0.747. The van der Waals surface area contributed by atoms with Gasteiger partial charge in [-0.1, -0.05) is 11.6 Å². The van der Waals surface area contributed by atoms with E-state index < -0.39 is 0 Å². The summed E-state index contributed by atoms with van der Waals surface area (Å²) in [6, 6.07) is 3.86. The van der Waals surface area contributed by atoms with Crippen LogP contribution >= 0.6 is 11.6 Å². The maximum absolute atomic E-state index is 6.04. The van der Waals surface area contributed by atoms with Gasteiger partial charge in [0.15, 0.2) is 5.65 Å². The fraction of sp³-hybridized carbons (Fsp3) is 0.300. The average Bonchev–Trinajstić information content (AvgIpc) is 2.65. The second-order valence-corrected chi connectivity index (χ2v) is 3.82. The number of pyridine rings is 1. The predicted octanol–water partition coefficient (Wildman–Crippen LogP) is 2.48. The van der Waals surface area contributed by atoms with Gasteiger partial charge in [0, 0.05) is 11.9 Å². The van der Waals surface area contributed by atoms with Crippen LogP contribution in [0.15, 0.2) is 18.3 Å². The Balaban J connectivity index is 2.44. The quantitative estimate of drug-likeness (QED) is 0.627. The smallest absolute Gasteiger partial charge is 0.156 e. The highest BCUT2D eigenvalue weighted by Crippen LogP contribution is 2.25. The van der Waals surface area contributed by atoms with E-state index in [0.29, 0.717) is 0 Å². The molecule has 0 aromatic carbocycles. The Kier molecular flexibility index (Phi) is 1.41. The van der Waals surface area contributed by atoms with Crippen LogP contribution in [0.3, 0.4) is 0 Å². The number of hydrogen-bond donors (Lipinski definition) is 0. The van der Waals surface area contributed by atoms with Crippen molar-refractivity contribution in [3.05, 3.63) is 34.7 Å². The lowest BCUT2D eigenvalue weighted by Gasteiger charge is -1.97. The molecule has 0 aliphatic heterocycles. The third-order valence-electron chi connectivity index (χ3n) is 2.61. The Labute approximate surface area is 81.2 Å². The molecule has 1 aliphatic carbocycles. The minimum Gasteiger partial charge on any atom is -0.303 e. The van der Waals surface area contributed by atoms with E-state index in [1.165, 1.54) is 17.8 Å². The molecule has 2 aromatic heterocycles. The third-order valence-corrected chi connectivity index (χ3v) is 2.91. The van der Waals surface area contributed by atoms with Gasteiger partial charge in [-0.15, -0.1) is 0 Å². The standard InChI is InChI=1S/C10H9ClN2/c11-7-3-2-6-13-9-5-1-4-8(9)12-10(7)13/h2-3,6H,1,4-5H2. The summed E-state index contributed by atoms with van der Waals surface area (Å²) in [5.74, 6) is 0. The van der Waals surface area contributed by atoms with Crippen LogP contribution in [0.1, 0.15) is 17.8 Å². The van der Waals surface area contributed by atoms with E-state index in [2.05, 4.69) is 9.38 Å². The van der Waals surface area contributed by atoms with Crippen LogP contribution in [0.25, 0.3) is 5.65 Å². The van der Waals surface area contributed by atoms with E-state index in [0.717, 1.165) is 23.5 Å². The first-order chi connectivity index (χ1) is 6.36. The molecule has 0 bridgehead atoms. The first-order valence-electron chi connectivity index (χ1n) is 4.50. The molecule has 3 rings (SSSR count). The minimum absolute atomic E-state index is 0.747. The first-order valence-corrected chi connectivity index (χ1v) is 4.88. The number of aromatic nitrogens is 2. The Bertz CT molecular complexity index is 473. The first kappa shape index (κ1) is 7.39. The fourth-order valence-electron chi connectivity index (χ4n) is 2.02. The predicted molar refractivity (Wildman–Crippen MR) is 52.2 cm³/mol. The van der Waals surface area contributed by atoms with Gasteiger partial charge in [-0.25, -0.2) is 4.98 Å². The zero-order chi connectivity index (χ0) is 8.84. The van der Waals surface area contributed by atoms with Crippen molar-refractivity contribution in [1.82, 2.24) is 9.38 Å². The molecule has 66 valence electrons. The Morgan fingerprint density at radius 1 is 1.38 bits per heavy atom. The summed E-state index contributed by atoms with van der Waals surface area (Å²) in [7, 11) is 0. The van der Waals surface area contributed by atoms with E-state index in [-0.39, 0.29) is 0 Å². The van der Waals surface area contributed by atoms with Gasteiger partial charge in [-0.2, -0.15) is 0 Å². The summed E-state index contributed by atoms with van der Waals surface area (Å²) >= 11 is 6.04. The summed E-state index contributed by atoms with van der Waals surface area (Å²) < 4.78 is 2.12. The lowest BCUT2D eigenvalue weighted by atomic mass is 10.3. The molecule has 0 spiro atoms. The SMILES string of the molecule is Clc1cccn2c3c(nc12)CCC3. The Hall–Kier alpha value is -1.02. The van der Waals surface area contributed by atoms with Crippen molar-refractivity contribution in [2.45, 2.75) is 19.3 Å². The molecule has 3 heteroatoms. The summed E-state index contributed by atoms with van der Waals surface area (Å²) in [6.45, 7) is 0. The van der Waals surface area contributed by atoms with Crippen molar-refractivity contribution in [1.29, 1.82) is 0 Å². The van der Waals surface area contributed by atoms with Crippen LogP contribution in [0.4, 0.5) is 0 Å². The van der Waals surface area contributed by atoms with Crippen molar-refractivity contribution in [3.63, 3.8) is 0 Å². The molecule has 0 radical (unpaired) electrons. The molecule has 0 unspecified atom stereocenters. The fourth-order valence-corrected chi connectivity index (χ4v) is 2.22. The van der Waals surface area contributed by atoms with Crippen LogP contribution in [0.2, 0.25) is 5.02 Å². The molecule has 0 fully saturated rings. The highest BCUT2D eigenvalue weighted by molar-refractivity contribution is 6.33. The van der Waals surface area contributed by atoms with Crippen molar-refractivity contribution in [2.75, 3.05) is 0 Å². The monoisotopic (exact) mass is 192 g/mol. The van der Waals surface area contributed by atoms with Gasteiger partial charge in [0.1, 0.15) is 0 Å². The number of halogens is 1. The molecule has 0 saturated carbocycles. The van der Waals surface area contributed by atoms with Crippen molar-refractivity contribution >= 4 is 17.2 Å². The Morgan fingerprint density at radius 3 is 3.23 bits per heavy atom. The number of aryl methyl sites for hydroxylation is 2. The van der Waals surface area contributed by atoms with E-state index in [1.54, 1.807) is 0 Å². The van der Waals surface area contributed by atoms with E-state index in [4.69, 9.17) is 11.6 Å². The molecule has 2 heterocycles. The van der Waals surface area contributed by atoms with Gasteiger partial charge >= 0.3 is 0 Å². The van der Waals surface area contributed by atoms with Crippen LogP contribution in [0.5, 0.6) is 0 Å². The second-order valence-electron chi connectivity index (χ2n) is 3.41. The van der Waals surface area contributed by atoms with Gasteiger partial charge in [0.2, 0.25) is 0 Å². The second kappa shape index (κ2) is 2.48. The van der Waals surface area contributed by atoms with Gasteiger partial charge in [-0.3, -0.25) is 0 Å². The molecule has 13 heavy (non-hydrogen) atoms. The van der Waals surface area contributed by atoms with Crippen molar-refractivity contribution in [2.24, 2.45) is 0 Å². The van der Waals surface area contributed by atoms with Crippen molar-refractivity contribution < 1.29 is 0 Å². The third kappa shape index (κ3) is 0.923. The molecule has 2 nitrogen and oxygen atoms in total. The topological polar surface area (TPSA) is 17.3 Å². The molecule has 0 atom stereocenters. The molecule has 0 amide bonds. The average molecular weight is 193 g/mol. The lowest BCUT2D eigenvalue weighted by molar-refractivity contribution is 0.869. The lowest BCUT2D eigenvalue weighted by Crippen LogP contribution is -1.89. The molecule has 0 N–H and O–H groups in total. The summed E-state index contributed by atoms with van der Waals surface area (Å²) in [5, 5.41) is 0.747. The van der Waals surface area contributed by atoms with Gasteiger partial charge in [0.25, 0.3) is 0 Å². The van der Waals surface area contributed by atoms with Gasteiger partial charge in [0.05, 0.1) is 10.7 Å². The van der Waals surface area contributed by atoms with Crippen LogP contribution in [-0.2, 0) is 12.8 Å². The highest BCUT2D eigenvalue weighted by atomic mass is 35.5. The molecule has 2 aromatic rings. The number of imidazole rings is 1. The highest BCUT2D eigenvalue weighted by Gasteiger charge is 2.18. The number of hydrogen-bond acceptors (Lipinski definition) is 1. The van der Waals surface area contributed by atoms with Gasteiger partial charge in [-0.05, 0) is 31.4 Å². The number of rotatable bonds is 0. The largest absolute Gasteiger partial charge is 0.303 e. The number of fused-ring (bicyclic) bond motifs is 3. The molecular weight excluding hydrogens is 184 g/mol. The van der Waals surface area contributed by atoms with E-state index in [1.807, 2.05) is 18.3 Å². The van der Waals surface area contributed by atoms with Crippen molar-refractivity contribution in [3.8, 4) is 0 Å². The Morgan fingerprint density at radius 2 is 2.31 bits per heavy atom. The maximum atomic E-state index is 6.04. The molecule has 0 saturated heterocycles.